The van der Waals surface area contributed by atoms with Crippen LogP contribution in [0.2, 0.25) is 0 Å². The number of carbonyl (C=O) groups excluding carboxylic acids is 2. The summed E-state index contributed by atoms with van der Waals surface area (Å²) in [5.74, 6) is -1.30. The molecule has 122 valence electrons. The Morgan fingerprint density at radius 1 is 1.23 bits per heavy atom. The van der Waals surface area contributed by atoms with Crippen LogP contribution in [-0.2, 0) is 9.53 Å². The zero-order valence-corrected chi connectivity index (χ0v) is 13.7. The molecule has 22 heavy (non-hydrogen) atoms. The summed E-state index contributed by atoms with van der Waals surface area (Å²) in [4.78, 5) is 27.4. The molecule has 1 amide bonds. The molecule has 0 aliphatic carbocycles. The number of pyridine rings is 1. The van der Waals surface area contributed by atoms with E-state index in [-0.39, 0.29) is 17.4 Å². The summed E-state index contributed by atoms with van der Waals surface area (Å²) in [7, 11) is 0. The maximum Gasteiger partial charge on any atom is 0.312 e. The van der Waals surface area contributed by atoms with Crippen molar-refractivity contribution in [1.82, 2.24) is 10.3 Å². The van der Waals surface area contributed by atoms with Crippen molar-refractivity contribution in [2.45, 2.75) is 46.6 Å². The zero-order valence-electron chi connectivity index (χ0n) is 13.7. The first-order valence-electron chi connectivity index (χ1n) is 7.14. The van der Waals surface area contributed by atoms with Crippen LogP contribution in [0.15, 0.2) is 18.3 Å². The van der Waals surface area contributed by atoms with Gasteiger partial charge in [-0.2, -0.15) is 4.39 Å². The minimum absolute atomic E-state index is 0.275. The number of amides is 1. The third-order valence-corrected chi connectivity index (χ3v) is 2.98. The molecule has 0 aliphatic rings. The van der Waals surface area contributed by atoms with Gasteiger partial charge in [-0.25, -0.2) is 4.98 Å². The lowest BCUT2D eigenvalue weighted by molar-refractivity contribution is -0.165. The second-order valence-corrected chi connectivity index (χ2v) is 6.76. The highest BCUT2D eigenvalue weighted by Crippen LogP contribution is 2.24. The van der Waals surface area contributed by atoms with E-state index in [1.807, 2.05) is 20.8 Å². The number of hydrogen-bond donors (Lipinski definition) is 1. The number of esters is 1. The fourth-order valence-corrected chi connectivity index (χ4v) is 1.62. The second kappa shape index (κ2) is 6.85. The van der Waals surface area contributed by atoms with Gasteiger partial charge in [-0.1, -0.05) is 0 Å². The summed E-state index contributed by atoms with van der Waals surface area (Å²) in [6.45, 7) is 9.28. The number of carbonyl (C=O) groups is 2. The van der Waals surface area contributed by atoms with Gasteiger partial charge in [-0.05, 0) is 53.2 Å². The molecular weight excluding hydrogens is 287 g/mol. The third-order valence-electron chi connectivity index (χ3n) is 2.98. The minimum Gasteiger partial charge on any atom is -0.460 e. The van der Waals surface area contributed by atoms with E-state index < -0.39 is 17.0 Å². The molecule has 1 rings (SSSR count). The molecule has 1 aromatic heterocycles. The maximum absolute atomic E-state index is 12.7. The fraction of sp³-hybridized carbons (Fsp3) is 0.562. The lowest BCUT2D eigenvalue weighted by Crippen LogP contribution is -2.36. The first-order chi connectivity index (χ1) is 10.0. The highest BCUT2D eigenvalue weighted by molar-refractivity contribution is 5.93. The van der Waals surface area contributed by atoms with Crippen molar-refractivity contribution in [3.8, 4) is 0 Å². The Labute approximate surface area is 130 Å². The lowest BCUT2D eigenvalue weighted by atomic mass is 9.89. The van der Waals surface area contributed by atoms with Gasteiger partial charge in [0.1, 0.15) is 5.60 Å². The highest BCUT2D eigenvalue weighted by atomic mass is 19.1. The lowest BCUT2D eigenvalue weighted by Gasteiger charge is -2.28. The van der Waals surface area contributed by atoms with Crippen LogP contribution in [0.25, 0.3) is 0 Å². The van der Waals surface area contributed by atoms with Crippen LogP contribution in [0.1, 0.15) is 51.4 Å². The average Bonchev–Trinajstić information content (AvgIpc) is 2.37. The van der Waals surface area contributed by atoms with Gasteiger partial charge in [0.05, 0.1) is 11.0 Å². The quantitative estimate of drug-likeness (QED) is 0.670. The van der Waals surface area contributed by atoms with Crippen molar-refractivity contribution in [2.24, 2.45) is 5.41 Å². The van der Waals surface area contributed by atoms with E-state index in [0.29, 0.717) is 13.0 Å². The Morgan fingerprint density at radius 2 is 1.86 bits per heavy atom. The van der Waals surface area contributed by atoms with E-state index in [9.17, 15) is 14.0 Å². The molecule has 0 saturated carbocycles. The predicted octanol–water partition coefficient (Wildman–Crippen LogP) is 2.71. The molecule has 6 heteroatoms. The Hall–Kier alpha value is -1.98. The Morgan fingerprint density at radius 3 is 2.36 bits per heavy atom. The van der Waals surface area contributed by atoms with Gasteiger partial charge < -0.3 is 10.1 Å². The van der Waals surface area contributed by atoms with Gasteiger partial charge >= 0.3 is 5.97 Å². The monoisotopic (exact) mass is 310 g/mol. The van der Waals surface area contributed by atoms with Crippen LogP contribution in [0, 0.1) is 11.4 Å². The van der Waals surface area contributed by atoms with Gasteiger partial charge in [0.2, 0.25) is 5.95 Å². The van der Waals surface area contributed by atoms with E-state index in [0.717, 1.165) is 6.07 Å². The largest absolute Gasteiger partial charge is 0.460 e. The number of nitrogens with one attached hydrogen (secondary N) is 1. The van der Waals surface area contributed by atoms with Crippen molar-refractivity contribution < 1.29 is 18.7 Å². The first-order valence-corrected chi connectivity index (χ1v) is 7.14. The summed E-state index contributed by atoms with van der Waals surface area (Å²) >= 11 is 0. The molecule has 0 spiro atoms. The summed E-state index contributed by atoms with van der Waals surface area (Å²) in [5.41, 5.74) is -0.976. The molecule has 1 aromatic rings. The van der Waals surface area contributed by atoms with Crippen LogP contribution in [-0.4, -0.2) is 29.0 Å². The van der Waals surface area contributed by atoms with Gasteiger partial charge in [-0.3, -0.25) is 9.59 Å². The molecule has 0 saturated heterocycles. The minimum atomic E-state index is -0.707. The third kappa shape index (κ3) is 5.79. The van der Waals surface area contributed by atoms with Crippen molar-refractivity contribution in [2.75, 3.05) is 6.54 Å². The van der Waals surface area contributed by atoms with Crippen molar-refractivity contribution in [1.29, 1.82) is 0 Å². The number of rotatable bonds is 5. The summed E-state index contributed by atoms with van der Waals surface area (Å²) < 4.78 is 18.0. The molecule has 0 fully saturated rings. The molecule has 0 atom stereocenters. The van der Waals surface area contributed by atoms with Gasteiger partial charge in [0.25, 0.3) is 5.91 Å². The molecule has 0 aliphatic heterocycles. The Kier molecular flexibility index (Phi) is 5.63. The molecular formula is C16H23FN2O3. The first kappa shape index (κ1) is 18.1. The Bertz CT molecular complexity index is 533. The second-order valence-electron chi connectivity index (χ2n) is 6.76. The van der Waals surface area contributed by atoms with Crippen LogP contribution in [0.4, 0.5) is 4.39 Å². The molecule has 5 nitrogen and oxygen atoms in total. The van der Waals surface area contributed by atoms with E-state index in [4.69, 9.17) is 4.74 Å². The molecule has 0 unspecified atom stereocenters. The Balaban J connectivity index is 2.50. The van der Waals surface area contributed by atoms with Crippen LogP contribution in [0.5, 0.6) is 0 Å². The average molecular weight is 310 g/mol. The van der Waals surface area contributed by atoms with Crippen molar-refractivity contribution in [3.05, 3.63) is 29.8 Å². The molecule has 0 bridgehead atoms. The van der Waals surface area contributed by atoms with Gasteiger partial charge in [-0.15, -0.1) is 0 Å². The van der Waals surface area contributed by atoms with Crippen molar-refractivity contribution in [3.63, 3.8) is 0 Å². The van der Waals surface area contributed by atoms with Gasteiger partial charge in [0, 0.05) is 12.7 Å². The zero-order chi connectivity index (χ0) is 17.0. The number of ether oxygens (including phenoxy) is 1. The summed E-state index contributed by atoms with van der Waals surface area (Å²) in [6, 6.07) is 2.48. The van der Waals surface area contributed by atoms with Crippen LogP contribution >= 0.6 is 0 Å². The standard InChI is InChI=1S/C16H23FN2O3/c1-15(2,3)22-14(21)16(4,5)8-9-18-13(20)11-6-7-12(17)19-10-11/h6-7,10H,8-9H2,1-5H3,(H,18,20). The number of aromatic nitrogens is 1. The molecule has 0 radical (unpaired) electrons. The highest BCUT2D eigenvalue weighted by Gasteiger charge is 2.32. The molecule has 0 aromatic carbocycles. The van der Waals surface area contributed by atoms with Crippen LogP contribution in [0.3, 0.4) is 0 Å². The fourth-order valence-electron chi connectivity index (χ4n) is 1.62. The number of hydrogen-bond acceptors (Lipinski definition) is 4. The smallest absolute Gasteiger partial charge is 0.312 e. The van der Waals surface area contributed by atoms with Crippen LogP contribution < -0.4 is 5.32 Å². The maximum atomic E-state index is 12.7. The van der Waals surface area contributed by atoms with E-state index in [1.165, 1.54) is 12.3 Å². The predicted molar refractivity (Wildman–Crippen MR) is 80.8 cm³/mol. The normalized spacial score (nSPS) is 11.9. The summed E-state index contributed by atoms with van der Waals surface area (Å²) in [6.07, 6.45) is 1.60. The van der Waals surface area contributed by atoms with E-state index in [1.54, 1.807) is 13.8 Å². The van der Waals surface area contributed by atoms with E-state index in [2.05, 4.69) is 10.3 Å². The number of halogens is 1. The number of nitrogens with zero attached hydrogens (tertiary/aromatic N) is 1. The van der Waals surface area contributed by atoms with Gasteiger partial charge in [0.15, 0.2) is 0 Å². The summed E-state index contributed by atoms with van der Waals surface area (Å²) in [5, 5.41) is 2.68. The van der Waals surface area contributed by atoms with E-state index >= 15 is 0 Å². The van der Waals surface area contributed by atoms with Crippen molar-refractivity contribution >= 4 is 11.9 Å². The molecule has 1 N–H and O–H groups in total. The molecule has 1 heterocycles. The SMILES string of the molecule is CC(C)(C)OC(=O)C(C)(C)CCNC(=O)c1ccc(F)nc1. The topological polar surface area (TPSA) is 68.3 Å².